The van der Waals surface area contributed by atoms with Crippen molar-refractivity contribution in [2.24, 2.45) is 7.05 Å². The molecule has 5 nitrogen and oxygen atoms in total. The number of rotatable bonds is 2. The van der Waals surface area contributed by atoms with Crippen LogP contribution in [0.25, 0.3) is 0 Å². The molecule has 0 spiro atoms. The summed E-state index contributed by atoms with van der Waals surface area (Å²) >= 11 is 0. The Morgan fingerprint density at radius 3 is 2.95 bits per heavy atom. The molecular formula is C14H16N2O3. The summed E-state index contributed by atoms with van der Waals surface area (Å²) < 4.78 is 12.7. The van der Waals surface area contributed by atoms with E-state index in [1.807, 2.05) is 34.8 Å². The van der Waals surface area contributed by atoms with Gasteiger partial charge in [0.1, 0.15) is 0 Å². The molecule has 3 rings (SSSR count). The Morgan fingerprint density at radius 2 is 2.26 bits per heavy atom. The normalized spacial score (nSPS) is 19.6. The van der Waals surface area contributed by atoms with E-state index in [-0.39, 0.29) is 11.9 Å². The van der Waals surface area contributed by atoms with Gasteiger partial charge >= 0.3 is 0 Å². The third kappa shape index (κ3) is 2.17. The summed E-state index contributed by atoms with van der Waals surface area (Å²) in [7, 11) is 1.97. The van der Waals surface area contributed by atoms with E-state index in [0.717, 1.165) is 5.69 Å². The number of aromatic nitrogens is 1. The summed E-state index contributed by atoms with van der Waals surface area (Å²) in [6.45, 7) is 1.66. The number of aryl methyl sites for hydroxylation is 1. The van der Waals surface area contributed by atoms with Gasteiger partial charge in [-0.2, -0.15) is 0 Å². The maximum absolute atomic E-state index is 12.4. The van der Waals surface area contributed by atoms with Gasteiger partial charge in [0, 0.05) is 25.5 Å². The predicted octanol–water partition coefficient (Wildman–Crippen LogP) is 1.83. The monoisotopic (exact) mass is 260 g/mol. The summed E-state index contributed by atoms with van der Waals surface area (Å²) in [6.07, 6.45) is 3.49. The lowest BCUT2D eigenvalue weighted by Crippen LogP contribution is -2.43. The molecule has 0 aliphatic carbocycles. The van der Waals surface area contributed by atoms with E-state index in [4.69, 9.17) is 9.15 Å². The molecule has 2 aromatic rings. The predicted molar refractivity (Wildman–Crippen MR) is 68.7 cm³/mol. The standard InChI is InChI=1S/C14H16N2O3/c1-15-6-2-4-11(15)12-10-18-9-7-16(12)14(17)13-5-3-8-19-13/h2-6,8,12H,7,9-10H2,1H3. The molecule has 1 unspecified atom stereocenters. The Balaban J connectivity index is 1.90. The van der Waals surface area contributed by atoms with Gasteiger partial charge in [0.05, 0.1) is 25.5 Å². The maximum Gasteiger partial charge on any atom is 0.290 e. The minimum absolute atomic E-state index is 0.0636. The Hall–Kier alpha value is -2.01. The minimum Gasteiger partial charge on any atom is -0.459 e. The number of furan rings is 1. The van der Waals surface area contributed by atoms with E-state index < -0.39 is 0 Å². The Labute approximate surface area is 111 Å². The van der Waals surface area contributed by atoms with Gasteiger partial charge in [-0.05, 0) is 24.3 Å². The second-order valence-corrected chi connectivity index (χ2v) is 4.61. The van der Waals surface area contributed by atoms with Gasteiger partial charge in [0.2, 0.25) is 0 Å². The van der Waals surface area contributed by atoms with Crippen LogP contribution in [0.3, 0.4) is 0 Å². The highest BCUT2D eigenvalue weighted by molar-refractivity contribution is 5.91. The van der Waals surface area contributed by atoms with Crippen LogP contribution in [-0.4, -0.2) is 35.1 Å². The van der Waals surface area contributed by atoms with Gasteiger partial charge in [0.15, 0.2) is 5.76 Å². The molecule has 0 N–H and O–H groups in total. The van der Waals surface area contributed by atoms with Gasteiger partial charge in [-0.3, -0.25) is 4.79 Å². The molecule has 1 saturated heterocycles. The van der Waals surface area contributed by atoms with Crippen molar-refractivity contribution in [2.45, 2.75) is 6.04 Å². The minimum atomic E-state index is -0.0838. The zero-order chi connectivity index (χ0) is 13.2. The van der Waals surface area contributed by atoms with Crippen molar-refractivity contribution in [3.63, 3.8) is 0 Å². The highest BCUT2D eigenvalue weighted by atomic mass is 16.5. The third-order valence-corrected chi connectivity index (χ3v) is 3.45. The first-order chi connectivity index (χ1) is 9.27. The number of ether oxygens (including phenoxy) is 1. The molecule has 1 atom stereocenters. The SMILES string of the molecule is Cn1cccc1C1COCCN1C(=O)c1ccco1. The van der Waals surface area contributed by atoms with Crippen LogP contribution in [0.5, 0.6) is 0 Å². The number of hydrogen-bond donors (Lipinski definition) is 0. The number of morpholine rings is 1. The first-order valence-electron chi connectivity index (χ1n) is 6.31. The molecule has 0 bridgehead atoms. The summed E-state index contributed by atoms with van der Waals surface area (Å²) in [5.41, 5.74) is 1.07. The van der Waals surface area contributed by atoms with E-state index in [0.29, 0.717) is 25.5 Å². The van der Waals surface area contributed by atoms with Crippen LogP contribution in [0.1, 0.15) is 22.3 Å². The summed E-state index contributed by atoms with van der Waals surface area (Å²) in [4.78, 5) is 14.3. The average molecular weight is 260 g/mol. The number of carbonyl (C=O) groups is 1. The van der Waals surface area contributed by atoms with Gasteiger partial charge < -0.3 is 18.6 Å². The van der Waals surface area contributed by atoms with E-state index in [2.05, 4.69) is 0 Å². The molecule has 1 amide bonds. The number of nitrogens with zero attached hydrogens (tertiary/aromatic N) is 2. The quantitative estimate of drug-likeness (QED) is 0.827. The molecule has 1 aliphatic rings. The number of carbonyl (C=O) groups excluding carboxylic acids is 1. The Morgan fingerprint density at radius 1 is 1.37 bits per heavy atom. The maximum atomic E-state index is 12.4. The van der Waals surface area contributed by atoms with Crippen LogP contribution in [0.2, 0.25) is 0 Å². The Kier molecular flexibility index (Phi) is 3.13. The fourth-order valence-corrected chi connectivity index (χ4v) is 2.45. The largest absolute Gasteiger partial charge is 0.459 e. The van der Waals surface area contributed by atoms with E-state index in [1.165, 1.54) is 6.26 Å². The van der Waals surface area contributed by atoms with E-state index in [1.54, 1.807) is 12.1 Å². The molecule has 3 heterocycles. The van der Waals surface area contributed by atoms with Crippen LogP contribution in [0.4, 0.5) is 0 Å². The first-order valence-corrected chi connectivity index (χ1v) is 6.31. The molecule has 0 saturated carbocycles. The fraction of sp³-hybridized carbons (Fsp3) is 0.357. The Bertz CT molecular complexity index is 559. The van der Waals surface area contributed by atoms with Gasteiger partial charge in [-0.15, -0.1) is 0 Å². The molecule has 1 fully saturated rings. The van der Waals surface area contributed by atoms with Crippen molar-refractivity contribution in [3.05, 3.63) is 48.2 Å². The molecule has 19 heavy (non-hydrogen) atoms. The molecule has 0 radical (unpaired) electrons. The zero-order valence-corrected chi connectivity index (χ0v) is 10.8. The molecule has 1 aliphatic heterocycles. The highest BCUT2D eigenvalue weighted by Crippen LogP contribution is 2.26. The molecular weight excluding hydrogens is 244 g/mol. The summed E-state index contributed by atoms with van der Waals surface area (Å²) in [6, 6.07) is 7.35. The molecule has 0 aromatic carbocycles. The van der Waals surface area contributed by atoms with E-state index >= 15 is 0 Å². The van der Waals surface area contributed by atoms with Crippen molar-refractivity contribution in [3.8, 4) is 0 Å². The van der Waals surface area contributed by atoms with Crippen molar-refractivity contribution in [1.82, 2.24) is 9.47 Å². The second-order valence-electron chi connectivity index (χ2n) is 4.61. The molecule has 2 aromatic heterocycles. The lowest BCUT2D eigenvalue weighted by atomic mass is 10.1. The zero-order valence-electron chi connectivity index (χ0n) is 10.8. The van der Waals surface area contributed by atoms with Crippen LogP contribution >= 0.6 is 0 Å². The van der Waals surface area contributed by atoms with Crippen LogP contribution in [0.15, 0.2) is 41.1 Å². The number of amides is 1. The lowest BCUT2D eigenvalue weighted by molar-refractivity contribution is -0.00616. The van der Waals surface area contributed by atoms with Gasteiger partial charge in [0.25, 0.3) is 5.91 Å². The lowest BCUT2D eigenvalue weighted by Gasteiger charge is -2.35. The molecule has 100 valence electrons. The van der Waals surface area contributed by atoms with Crippen molar-refractivity contribution in [2.75, 3.05) is 19.8 Å². The van der Waals surface area contributed by atoms with Crippen LogP contribution in [-0.2, 0) is 11.8 Å². The first kappa shape index (κ1) is 12.0. The average Bonchev–Trinajstić information content (AvgIpc) is 3.09. The molecule has 5 heteroatoms. The van der Waals surface area contributed by atoms with Crippen LogP contribution in [0, 0.1) is 0 Å². The van der Waals surface area contributed by atoms with Crippen molar-refractivity contribution < 1.29 is 13.9 Å². The second kappa shape index (κ2) is 4.93. The highest BCUT2D eigenvalue weighted by Gasteiger charge is 2.31. The topological polar surface area (TPSA) is 47.6 Å². The summed E-state index contributed by atoms with van der Waals surface area (Å²) in [5.74, 6) is 0.292. The van der Waals surface area contributed by atoms with E-state index in [9.17, 15) is 4.79 Å². The third-order valence-electron chi connectivity index (χ3n) is 3.45. The van der Waals surface area contributed by atoms with Gasteiger partial charge in [-0.1, -0.05) is 0 Å². The summed E-state index contributed by atoms with van der Waals surface area (Å²) in [5, 5.41) is 0. The smallest absolute Gasteiger partial charge is 0.290 e. The van der Waals surface area contributed by atoms with Gasteiger partial charge in [-0.25, -0.2) is 0 Å². The van der Waals surface area contributed by atoms with Crippen molar-refractivity contribution in [1.29, 1.82) is 0 Å². The van der Waals surface area contributed by atoms with Crippen molar-refractivity contribution >= 4 is 5.91 Å². The van der Waals surface area contributed by atoms with Crippen LogP contribution < -0.4 is 0 Å². The number of hydrogen-bond acceptors (Lipinski definition) is 3. The fourth-order valence-electron chi connectivity index (χ4n) is 2.45.